The lowest BCUT2D eigenvalue weighted by Crippen LogP contribution is -2.33. The quantitative estimate of drug-likeness (QED) is 0.748. The molecular weight excluding hydrogens is 298 g/mol. The van der Waals surface area contributed by atoms with Gasteiger partial charge in [-0.3, -0.25) is 4.79 Å². The van der Waals surface area contributed by atoms with Gasteiger partial charge in [-0.15, -0.1) is 0 Å². The topological polar surface area (TPSA) is 38.8 Å². The summed E-state index contributed by atoms with van der Waals surface area (Å²) in [6, 6.07) is 9.40. The Morgan fingerprint density at radius 1 is 1.27 bits per heavy atom. The highest BCUT2D eigenvalue weighted by molar-refractivity contribution is 7.07. The van der Waals surface area contributed by atoms with Crippen LogP contribution in [0.5, 0.6) is 5.75 Å². The van der Waals surface area contributed by atoms with Crippen molar-refractivity contribution in [3.05, 3.63) is 52.2 Å². The van der Waals surface area contributed by atoms with Crippen LogP contribution in [0.15, 0.2) is 41.1 Å². The van der Waals surface area contributed by atoms with Gasteiger partial charge in [0.25, 0.3) is 5.91 Å². The molecule has 4 nitrogen and oxygen atoms in total. The molecule has 22 heavy (non-hydrogen) atoms. The number of para-hydroxylation sites is 1. The van der Waals surface area contributed by atoms with E-state index in [0.717, 1.165) is 5.56 Å². The Labute approximate surface area is 135 Å². The van der Waals surface area contributed by atoms with Crippen LogP contribution in [0.1, 0.15) is 22.8 Å². The molecule has 1 amide bonds. The van der Waals surface area contributed by atoms with Gasteiger partial charge in [0, 0.05) is 20.2 Å². The Bertz CT molecular complexity index is 583. The third-order valence-electron chi connectivity index (χ3n) is 3.22. The Morgan fingerprint density at radius 3 is 2.77 bits per heavy atom. The summed E-state index contributed by atoms with van der Waals surface area (Å²) in [7, 11) is 1.64. The first-order valence-corrected chi connectivity index (χ1v) is 8.21. The molecule has 0 fully saturated rings. The third-order valence-corrected chi connectivity index (χ3v) is 3.96. The number of thiophene rings is 1. The van der Waals surface area contributed by atoms with Gasteiger partial charge in [-0.2, -0.15) is 11.3 Å². The molecule has 0 aliphatic rings. The Hall–Kier alpha value is -1.85. The fourth-order valence-corrected chi connectivity index (χ4v) is 2.81. The van der Waals surface area contributed by atoms with E-state index >= 15 is 0 Å². The monoisotopic (exact) mass is 319 g/mol. The molecule has 2 rings (SSSR count). The number of amides is 1. The molecule has 0 saturated heterocycles. The summed E-state index contributed by atoms with van der Waals surface area (Å²) in [5.74, 6) is 0.593. The summed E-state index contributed by atoms with van der Waals surface area (Å²) >= 11 is 1.63. The highest BCUT2D eigenvalue weighted by Crippen LogP contribution is 2.21. The van der Waals surface area contributed by atoms with Crippen LogP contribution in [-0.2, 0) is 11.3 Å². The smallest absolute Gasteiger partial charge is 0.257 e. The fourth-order valence-electron chi connectivity index (χ4n) is 2.15. The van der Waals surface area contributed by atoms with Gasteiger partial charge in [0.05, 0.1) is 18.8 Å². The van der Waals surface area contributed by atoms with Crippen LogP contribution in [0.25, 0.3) is 0 Å². The standard InChI is InChI=1S/C17H21NO3S/c1-3-21-16-7-5-4-6-15(16)17(19)18(9-10-20-2)12-14-8-11-22-13-14/h4-8,11,13H,3,9-10,12H2,1-2H3. The summed E-state index contributed by atoms with van der Waals surface area (Å²) in [6.45, 7) is 4.08. The minimum atomic E-state index is -0.0349. The van der Waals surface area contributed by atoms with Crippen LogP contribution in [0.3, 0.4) is 0 Å². The number of methoxy groups -OCH3 is 1. The molecule has 0 atom stereocenters. The van der Waals surface area contributed by atoms with E-state index in [1.807, 2.05) is 36.6 Å². The van der Waals surface area contributed by atoms with Crippen molar-refractivity contribution in [2.45, 2.75) is 13.5 Å². The summed E-state index contributed by atoms with van der Waals surface area (Å²) in [4.78, 5) is 14.7. The Morgan fingerprint density at radius 2 is 2.09 bits per heavy atom. The van der Waals surface area contributed by atoms with Crippen LogP contribution in [-0.4, -0.2) is 37.7 Å². The lowest BCUT2D eigenvalue weighted by Gasteiger charge is -2.23. The maximum absolute atomic E-state index is 12.9. The minimum absolute atomic E-state index is 0.0349. The molecule has 1 heterocycles. The molecule has 0 spiro atoms. The first-order chi connectivity index (χ1) is 10.8. The van der Waals surface area contributed by atoms with Crippen molar-refractivity contribution in [3.8, 4) is 5.75 Å². The van der Waals surface area contributed by atoms with E-state index in [9.17, 15) is 4.79 Å². The van der Waals surface area contributed by atoms with Crippen LogP contribution in [0, 0.1) is 0 Å². The van der Waals surface area contributed by atoms with Crippen molar-refractivity contribution < 1.29 is 14.3 Å². The van der Waals surface area contributed by atoms with Gasteiger partial charge in [0.1, 0.15) is 5.75 Å². The third kappa shape index (κ3) is 4.32. The number of ether oxygens (including phenoxy) is 2. The van der Waals surface area contributed by atoms with Crippen molar-refractivity contribution in [1.82, 2.24) is 4.90 Å². The number of carbonyl (C=O) groups is 1. The number of hydrogen-bond acceptors (Lipinski definition) is 4. The van der Waals surface area contributed by atoms with Crippen LogP contribution in [0.4, 0.5) is 0 Å². The first-order valence-electron chi connectivity index (χ1n) is 7.27. The summed E-state index contributed by atoms with van der Waals surface area (Å²) in [5, 5.41) is 4.07. The number of hydrogen-bond donors (Lipinski definition) is 0. The predicted molar refractivity (Wildman–Crippen MR) is 88.5 cm³/mol. The zero-order valence-corrected chi connectivity index (χ0v) is 13.8. The van der Waals surface area contributed by atoms with Crippen LogP contribution in [0.2, 0.25) is 0 Å². The molecule has 118 valence electrons. The second-order valence-electron chi connectivity index (χ2n) is 4.78. The van der Waals surface area contributed by atoms with E-state index in [1.54, 1.807) is 29.4 Å². The molecule has 0 bridgehead atoms. The van der Waals surface area contributed by atoms with Gasteiger partial charge >= 0.3 is 0 Å². The molecule has 1 aromatic carbocycles. The average molecular weight is 319 g/mol. The maximum atomic E-state index is 12.9. The fraction of sp³-hybridized carbons (Fsp3) is 0.353. The van der Waals surface area contributed by atoms with E-state index in [4.69, 9.17) is 9.47 Å². The number of nitrogens with zero attached hydrogens (tertiary/aromatic N) is 1. The van der Waals surface area contributed by atoms with E-state index < -0.39 is 0 Å². The van der Waals surface area contributed by atoms with Gasteiger partial charge in [-0.05, 0) is 41.4 Å². The van der Waals surface area contributed by atoms with Crippen molar-refractivity contribution in [2.24, 2.45) is 0 Å². The molecule has 0 unspecified atom stereocenters. The van der Waals surface area contributed by atoms with Crippen molar-refractivity contribution in [1.29, 1.82) is 0 Å². The molecular formula is C17H21NO3S. The number of rotatable bonds is 8. The summed E-state index contributed by atoms with van der Waals surface area (Å²) < 4.78 is 10.7. The Balaban J connectivity index is 2.20. The van der Waals surface area contributed by atoms with Crippen molar-refractivity contribution >= 4 is 17.2 Å². The number of carbonyl (C=O) groups excluding carboxylic acids is 1. The second-order valence-corrected chi connectivity index (χ2v) is 5.56. The van der Waals surface area contributed by atoms with E-state index in [2.05, 4.69) is 5.38 Å². The van der Waals surface area contributed by atoms with Gasteiger partial charge < -0.3 is 14.4 Å². The van der Waals surface area contributed by atoms with Crippen molar-refractivity contribution in [3.63, 3.8) is 0 Å². The van der Waals surface area contributed by atoms with Gasteiger partial charge in [0.15, 0.2) is 0 Å². The number of benzene rings is 1. The highest BCUT2D eigenvalue weighted by Gasteiger charge is 2.19. The SMILES string of the molecule is CCOc1ccccc1C(=O)N(CCOC)Cc1ccsc1. The largest absolute Gasteiger partial charge is 0.493 e. The summed E-state index contributed by atoms with van der Waals surface area (Å²) in [6.07, 6.45) is 0. The van der Waals surface area contributed by atoms with E-state index in [-0.39, 0.29) is 5.91 Å². The molecule has 0 aliphatic carbocycles. The second kappa shape index (κ2) is 8.56. The average Bonchev–Trinajstić information content (AvgIpc) is 3.05. The molecule has 2 aromatic rings. The zero-order valence-electron chi connectivity index (χ0n) is 13.0. The lowest BCUT2D eigenvalue weighted by molar-refractivity contribution is 0.0676. The highest BCUT2D eigenvalue weighted by atomic mass is 32.1. The molecule has 0 saturated carbocycles. The van der Waals surface area contributed by atoms with Gasteiger partial charge in [-0.25, -0.2) is 0 Å². The Kier molecular flexibility index (Phi) is 6.43. The van der Waals surface area contributed by atoms with Crippen LogP contribution >= 0.6 is 11.3 Å². The van der Waals surface area contributed by atoms with E-state index in [0.29, 0.717) is 37.6 Å². The van der Waals surface area contributed by atoms with Gasteiger partial charge in [0.2, 0.25) is 0 Å². The lowest BCUT2D eigenvalue weighted by atomic mass is 10.1. The maximum Gasteiger partial charge on any atom is 0.257 e. The molecule has 0 N–H and O–H groups in total. The molecule has 0 aliphatic heterocycles. The van der Waals surface area contributed by atoms with Gasteiger partial charge in [-0.1, -0.05) is 12.1 Å². The van der Waals surface area contributed by atoms with E-state index in [1.165, 1.54) is 0 Å². The van der Waals surface area contributed by atoms with Crippen LogP contribution < -0.4 is 4.74 Å². The molecule has 0 radical (unpaired) electrons. The molecule has 5 heteroatoms. The normalized spacial score (nSPS) is 10.5. The predicted octanol–water partition coefficient (Wildman–Crippen LogP) is 3.44. The zero-order chi connectivity index (χ0) is 15.8. The first kappa shape index (κ1) is 16.5. The molecule has 1 aromatic heterocycles. The minimum Gasteiger partial charge on any atom is -0.493 e. The summed E-state index contributed by atoms with van der Waals surface area (Å²) in [5.41, 5.74) is 1.72. The van der Waals surface area contributed by atoms with Crippen molar-refractivity contribution in [2.75, 3.05) is 26.9 Å².